The first-order valence-electron chi connectivity index (χ1n) is 5.20. The minimum atomic E-state index is 0. The van der Waals surface area contributed by atoms with Crippen LogP contribution in [0.1, 0.15) is 19.3 Å². The maximum absolute atomic E-state index is 4.30. The van der Waals surface area contributed by atoms with Gasteiger partial charge in [-0.1, -0.05) is 18.2 Å². The van der Waals surface area contributed by atoms with Gasteiger partial charge in [-0.15, -0.1) is 12.4 Å². The molecule has 1 fully saturated rings. The van der Waals surface area contributed by atoms with Crippen molar-refractivity contribution in [2.24, 2.45) is 7.05 Å². The topological polar surface area (TPSA) is 29.9 Å². The van der Waals surface area contributed by atoms with Gasteiger partial charge in [0, 0.05) is 31.2 Å². The number of nitrogens with zero attached hydrogens (tertiary/aromatic N) is 2. The molecule has 0 aromatic carbocycles. The van der Waals surface area contributed by atoms with Gasteiger partial charge in [0.1, 0.15) is 0 Å². The standard InChI is InChI=1S/C10H17N3S.ClH/c1-13-7-6-12-10(13)14-8-9-4-2-3-5-11-9;/h6-7,9,11H,2-5,8H2,1H3;1H. The van der Waals surface area contributed by atoms with E-state index in [1.807, 2.05) is 31.2 Å². The van der Waals surface area contributed by atoms with Crippen LogP contribution in [0.4, 0.5) is 0 Å². The van der Waals surface area contributed by atoms with Gasteiger partial charge in [-0.3, -0.25) is 0 Å². The van der Waals surface area contributed by atoms with Gasteiger partial charge >= 0.3 is 0 Å². The summed E-state index contributed by atoms with van der Waals surface area (Å²) in [7, 11) is 2.05. The molecule has 2 heterocycles. The zero-order valence-corrected chi connectivity index (χ0v) is 10.6. The molecule has 1 aliphatic rings. The minimum Gasteiger partial charge on any atom is -0.329 e. The summed E-state index contributed by atoms with van der Waals surface area (Å²) in [5.41, 5.74) is 0. The van der Waals surface area contributed by atoms with Crippen LogP contribution in [0.25, 0.3) is 0 Å². The molecular weight excluding hydrogens is 230 g/mol. The third-order valence-corrected chi connectivity index (χ3v) is 3.82. The summed E-state index contributed by atoms with van der Waals surface area (Å²) in [5.74, 6) is 1.14. The van der Waals surface area contributed by atoms with E-state index in [1.165, 1.54) is 25.8 Å². The molecule has 1 atom stereocenters. The first-order valence-corrected chi connectivity index (χ1v) is 6.18. The third kappa shape index (κ3) is 3.70. The molecule has 0 spiro atoms. The number of aromatic nitrogens is 2. The number of hydrogen-bond donors (Lipinski definition) is 1. The highest BCUT2D eigenvalue weighted by molar-refractivity contribution is 7.99. The minimum absolute atomic E-state index is 0. The van der Waals surface area contributed by atoms with E-state index in [4.69, 9.17) is 0 Å². The molecule has 0 bridgehead atoms. The van der Waals surface area contributed by atoms with Crippen LogP contribution in [-0.2, 0) is 7.05 Å². The lowest BCUT2D eigenvalue weighted by Gasteiger charge is -2.22. The lowest BCUT2D eigenvalue weighted by Crippen LogP contribution is -2.35. The normalized spacial score (nSPS) is 21.0. The monoisotopic (exact) mass is 247 g/mol. The van der Waals surface area contributed by atoms with Gasteiger partial charge in [0.2, 0.25) is 0 Å². The maximum atomic E-state index is 4.30. The Hall–Kier alpha value is -0.190. The zero-order chi connectivity index (χ0) is 9.80. The molecule has 2 rings (SSSR count). The van der Waals surface area contributed by atoms with E-state index in [0.29, 0.717) is 6.04 Å². The van der Waals surface area contributed by atoms with Gasteiger partial charge in [-0.25, -0.2) is 4.98 Å². The van der Waals surface area contributed by atoms with E-state index in [2.05, 4.69) is 14.9 Å². The van der Waals surface area contributed by atoms with Crippen LogP contribution in [0, 0.1) is 0 Å². The molecule has 1 unspecified atom stereocenters. The molecule has 0 amide bonds. The number of halogens is 1. The first kappa shape index (κ1) is 12.9. The van der Waals surface area contributed by atoms with Gasteiger partial charge < -0.3 is 9.88 Å². The molecule has 1 aromatic heterocycles. The van der Waals surface area contributed by atoms with Gasteiger partial charge in [0.05, 0.1) is 0 Å². The number of aryl methyl sites for hydroxylation is 1. The smallest absolute Gasteiger partial charge is 0.167 e. The van der Waals surface area contributed by atoms with E-state index in [0.717, 1.165) is 10.9 Å². The summed E-state index contributed by atoms with van der Waals surface area (Å²) >= 11 is 1.85. The van der Waals surface area contributed by atoms with E-state index >= 15 is 0 Å². The first-order chi connectivity index (χ1) is 6.86. The summed E-state index contributed by atoms with van der Waals surface area (Å²) in [4.78, 5) is 4.30. The number of piperidine rings is 1. The molecule has 0 radical (unpaired) electrons. The lowest BCUT2D eigenvalue weighted by atomic mass is 10.1. The molecule has 5 heteroatoms. The average Bonchev–Trinajstić information content (AvgIpc) is 2.63. The summed E-state index contributed by atoms with van der Waals surface area (Å²) in [6.45, 7) is 1.19. The quantitative estimate of drug-likeness (QED) is 0.830. The molecule has 1 aromatic rings. The van der Waals surface area contributed by atoms with Gasteiger partial charge in [-0.05, 0) is 19.4 Å². The van der Waals surface area contributed by atoms with Crippen LogP contribution >= 0.6 is 24.2 Å². The van der Waals surface area contributed by atoms with Crippen molar-refractivity contribution in [3.05, 3.63) is 12.4 Å². The molecule has 15 heavy (non-hydrogen) atoms. The van der Waals surface area contributed by atoms with E-state index < -0.39 is 0 Å². The van der Waals surface area contributed by atoms with Gasteiger partial charge in [-0.2, -0.15) is 0 Å². The fraction of sp³-hybridized carbons (Fsp3) is 0.700. The fourth-order valence-corrected chi connectivity index (χ4v) is 2.77. The highest BCUT2D eigenvalue weighted by atomic mass is 35.5. The second-order valence-corrected chi connectivity index (χ2v) is 4.77. The molecule has 0 saturated carbocycles. The molecule has 1 saturated heterocycles. The van der Waals surface area contributed by atoms with Crippen LogP contribution in [-0.4, -0.2) is 27.9 Å². The molecule has 1 aliphatic heterocycles. The Kier molecular flexibility index (Phi) is 5.50. The van der Waals surface area contributed by atoms with Crippen molar-refractivity contribution in [1.82, 2.24) is 14.9 Å². The summed E-state index contributed by atoms with van der Waals surface area (Å²) in [6.07, 6.45) is 7.88. The summed E-state index contributed by atoms with van der Waals surface area (Å²) in [6, 6.07) is 0.686. The number of hydrogen-bond acceptors (Lipinski definition) is 3. The largest absolute Gasteiger partial charge is 0.329 e. The van der Waals surface area contributed by atoms with Crippen LogP contribution in [0.2, 0.25) is 0 Å². The predicted octanol–water partition coefficient (Wildman–Crippen LogP) is 2.08. The predicted molar refractivity (Wildman–Crippen MR) is 66.8 cm³/mol. The average molecular weight is 248 g/mol. The Morgan fingerprint density at radius 2 is 2.47 bits per heavy atom. The lowest BCUT2D eigenvalue weighted by molar-refractivity contribution is 0.429. The highest BCUT2D eigenvalue weighted by Gasteiger charge is 2.13. The van der Waals surface area contributed by atoms with Crippen molar-refractivity contribution in [2.45, 2.75) is 30.5 Å². The molecule has 3 nitrogen and oxygen atoms in total. The van der Waals surface area contributed by atoms with Crippen LogP contribution in [0.15, 0.2) is 17.6 Å². The van der Waals surface area contributed by atoms with Crippen LogP contribution < -0.4 is 5.32 Å². The Labute approximate surface area is 101 Å². The van der Waals surface area contributed by atoms with Crippen molar-refractivity contribution >= 4 is 24.2 Å². The van der Waals surface area contributed by atoms with Crippen molar-refractivity contribution < 1.29 is 0 Å². The fourth-order valence-electron chi connectivity index (χ4n) is 1.73. The number of imidazole rings is 1. The molecular formula is C10H18ClN3S. The second kappa shape index (κ2) is 6.40. The number of rotatable bonds is 3. The van der Waals surface area contributed by atoms with E-state index in [-0.39, 0.29) is 12.4 Å². The summed E-state index contributed by atoms with van der Waals surface area (Å²) in [5, 5.41) is 4.67. The van der Waals surface area contributed by atoms with Gasteiger partial charge in [0.25, 0.3) is 0 Å². The second-order valence-electron chi connectivity index (χ2n) is 3.78. The molecule has 0 aliphatic carbocycles. The SMILES string of the molecule is Cl.Cn1ccnc1SCC1CCCCN1. The van der Waals surface area contributed by atoms with Gasteiger partial charge in [0.15, 0.2) is 5.16 Å². The summed E-state index contributed by atoms with van der Waals surface area (Å²) < 4.78 is 2.08. The number of thioether (sulfide) groups is 1. The van der Waals surface area contributed by atoms with Crippen LogP contribution in [0.5, 0.6) is 0 Å². The van der Waals surface area contributed by atoms with E-state index in [9.17, 15) is 0 Å². The van der Waals surface area contributed by atoms with Crippen molar-refractivity contribution in [2.75, 3.05) is 12.3 Å². The van der Waals surface area contributed by atoms with Crippen molar-refractivity contribution in [3.8, 4) is 0 Å². The van der Waals surface area contributed by atoms with Crippen LogP contribution in [0.3, 0.4) is 0 Å². The highest BCUT2D eigenvalue weighted by Crippen LogP contribution is 2.18. The Morgan fingerprint density at radius 1 is 1.60 bits per heavy atom. The molecule has 86 valence electrons. The Balaban J connectivity index is 0.00000112. The third-order valence-electron chi connectivity index (χ3n) is 2.60. The van der Waals surface area contributed by atoms with E-state index in [1.54, 1.807) is 0 Å². The number of nitrogens with one attached hydrogen (secondary N) is 1. The molecule has 1 N–H and O–H groups in total. The Morgan fingerprint density at radius 3 is 3.07 bits per heavy atom. The maximum Gasteiger partial charge on any atom is 0.167 e. The zero-order valence-electron chi connectivity index (χ0n) is 8.98. The van der Waals surface area contributed by atoms with Crippen molar-refractivity contribution in [3.63, 3.8) is 0 Å². The van der Waals surface area contributed by atoms with Crippen molar-refractivity contribution in [1.29, 1.82) is 0 Å². The Bertz CT molecular complexity index is 284.